The Morgan fingerprint density at radius 3 is 2.14 bits per heavy atom. The highest BCUT2D eigenvalue weighted by Crippen LogP contribution is 2.21. The fourth-order valence-corrected chi connectivity index (χ4v) is 2.22. The summed E-state index contributed by atoms with van der Waals surface area (Å²) in [5, 5.41) is 8.55. The molecule has 3 amide bonds. The van der Waals surface area contributed by atoms with Gasteiger partial charge in [-0.25, -0.2) is 0 Å². The molecule has 1 heterocycles. The molecule has 1 aliphatic heterocycles. The summed E-state index contributed by atoms with van der Waals surface area (Å²) in [6, 6.07) is 6.57. The van der Waals surface area contributed by atoms with Gasteiger partial charge in [-0.3, -0.25) is 24.1 Å². The van der Waals surface area contributed by atoms with E-state index in [4.69, 9.17) is 5.11 Å². The third kappa shape index (κ3) is 3.13. The number of carbonyl (C=O) groups is 4. The molecule has 22 heavy (non-hydrogen) atoms. The van der Waals surface area contributed by atoms with Gasteiger partial charge in [0.15, 0.2) is 0 Å². The van der Waals surface area contributed by atoms with Crippen LogP contribution < -0.4 is 0 Å². The highest BCUT2D eigenvalue weighted by atomic mass is 16.4. The second kappa shape index (κ2) is 6.38. The summed E-state index contributed by atoms with van der Waals surface area (Å²) in [6.45, 7) is 0.256. The molecular weight excluding hydrogens is 288 g/mol. The molecule has 2 rings (SSSR count). The number of benzene rings is 1. The van der Waals surface area contributed by atoms with E-state index in [-0.39, 0.29) is 43.7 Å². The van der Waals surface area contributed by atoms with E-state index in [9.17, 15) is 19.2 Å². The maximum absolute atomic E-state index is 12.1. The van der Waals surface area contributed by atoms with Crippen LogP contribution in [-0.2, 0) is 9.59 Å². The van der Waals surface area contributed by atoms with E-state index < -0.39 is 5.97 Å². The lowest BCUT2D eigenvalue weighted by atomic mass is 10.1. The fourth-order valence-electron chi connectivity index (χ4n) is 2.22. The molecule has 1 N–H and O–H groups in total. The first-order chi connectivity index (χ1) is 10.4. The molecule has 0 unspecified atom stereocenters. The number of hydrogen-bond acceptors (Lipinski definition) is 4. The third-order valence-electron chi connectivity index (χ3n) is 3.52. The third-order valence-corrected chi connectivity index (χ3v) is 3.52. The number of fused-ring (bicyclic) bond motifs is 1. The fraction of sp³-hybridized carbons (Fsp3) is 0.333. The van der Waals surface area contributed by atoms with Crippen LogP contribution in [0.25, 0.3) is 0 Å². The van der Waals surface area contributed by atoms with E-state index in [1.165, 1.54) is 11.9 Å². The van der Waals surface area contributed by atoms with Gasteiger partial charge in [0.05, 0.1) is 17.5 Å². The second-order valence-corrected chi connectivity index (χ2v) is 5.02. The van der Waals surface area contributed by atoms with Crippen molar-refractivity contribution in [3.8, 4) is 0 Å². The van der Waals surface area contributed by atoms with E-state index in [0.29, 0.717) is 11.1 Å². The Balaban J connectivity index is 1.93. The summed E-state index contributed by atoms with van der Waals surface area (Å²) in [4.78, 5) is 48.8. The highest BCUT2D eigenvalue weighted by Gasteiger charge is 2.34. The average molecular weight is 304 g/mol. The Hall–Kier alpha value is -2.70. The molecule has 1 aromatic carbocycles. The van der Waals surface area contributed by atoms with Gasteiger partial charge in [0.25, 0.3) is 11.8 Å². The standard InChI is InChI=1S/C15H16N2O5/c1-16(12(18)6-7-13(19)20)8-9-17-14(21)10-4-2-3-5-11(10)15(17)22/h2-5H,6-9H2,1H3,(H,19,20). The summed E-state index contributed by atoms with van der Waals surface area (Å²) in [5.74, 6) is -2.11. The Labute approximate surface area is 127 Å². The van der Waals surface area contributed by atoms with Crippen molar-refractivity contribution in [1.29, 1.82) is 0 Å². The normalized spacial score (nSPS) is 13.2. The molecule has 0 fully saturated rings. The molecule has 1 aromatic rings. The van der Waals surface area contributed by atoms with Crippen LogP contribution in [0.4, 0.5) is 0 Å². The van der Waals surface area contributed by atoms with Crippen LogP contribution in [0.3, 0.4) is 0 Å². The molecule has 0 spiro atoms. The average Bonchev–Trinajstić information content (AvgIpc) is 2.74. The topological polar surface area (TPSA) is 95.0 Å². The first-order valence-electron chi connectivity index (χ1n) is 6.83. The van der Waals surface area contributed by atoms with E-state index in [0.717, 1.165) is 4.90 Å². The van der Waals surface area contributed by atoms with Crippen LogP contribution in [0, 0.1) is 0 Å². The lowest BCUT2D eigenvalue weighted by Crippen LogP contribution is -2.39. The second-order valence-electron chi connectivity index (χ2n) is 5.02. The van der Waals surface area contributed by atoms with Crippen LogP contribution in [0.2, 0.25) is 0 Å². The predicted molar refractivity (Wildman–Crippen MR) is 76.3 cm³/mol. The van der Waals surface area contributed by atoms with E-state index in [2.05, 4.69) is 0 Å². The Morgan fingerprint density at radius 2 is 1.64 bits per heavy atom. The van der Waals surface area contributed by atoms with Crippen LogP contribution in [0.1, 0.15) is 33.6 Å². The number of carboxylic acids is 1. The lowest BCUT2D eigenvalue weighted by molar-refractivity contribution is -0.140. The monoisotopic (exact) mass is 304 g/mol. The molecule has 7 heteroatoms. The van der Waals surface area contributed by atoms with Crippen molar-refractivity contribution >= 4 is 23.7 Å². The minimum atomic E-state index is -1.04. The zero-order valence-electron chi connectivity index (χ0n) is 12.1. The molecule has 0 aromatic heterocycles. The van der Waals surface area contributed by atoms with Crippen LogP contribution in [0.5, 0.6) is 0 Å². The minimum Gasteiger partial charge on any atom is -0.481 e. The van der Waals surface area contributed by atoms with Crippen molar-refractivity contribution in [2.75, 3.05) is 20.1 Å². The van der Waals surface area contributed by atoms with Crippen molar-refractivity contribution < 1.29 is 24.3 Å². The molecule has 0 atom stereocenters. The number of carbonyl (C=O) groups excluding carboxylic acids is 3. The van der Waals surface area contributed by atoms with E-state index >= 15 is 0 Å². The van der Waals surface area contributed by atoms with Gasteiger partial charge in [0, 0.05) is 26.6 Å². The summed E-state index contributed by atoms with van der Waals surface area (Å²) in [6.07, 6.45) is -0.343. The number of likely N-dealkylation sites (N-methyl/N-ethyl adjacent to an activating group) is 1. The number of aliphatic carboxylic acids is 1. The van der Waals surface area contributed by atoms with Crippen LogP contribution in [-0.4, -0.2) is 58.7 Å². The smallest absolute Gasteiger partial charge is 0.303 e. The molecule has 7 nitrogen and oxygen atoms in total. The zero-order chi connectivity index (χ0) is 16.3. The van der Waals surface area contributed by atoms with Crippen molar-refractivity contribution in [2.45, 2.75) is 12.8 Å². The molecular formula is C15H16N2O5. The summed E-state index contributed by atoms with van der Waals surface area (Å²) in [5.41, 5.74) is 0.736. The number of amides is 3. The van der Waals surface area contributed by atoms with Crippen molar-refractivity contribution in [3.63, 3.8) is 0 Å². The highest BCUT2D eigenvalue weighted by molar-refractivity contribution is 6.21. The lowest BCUT2D eigenvalue weighted by Gasteiger charge is -2.20. The van der Waals surface area contributed by atoms with Gasteiger partial charge in [0.1, 0.15) is 0 Å². The van der Waals surface area contributed by atoms with E-state index in [1.54, 1.807) is 24.3 Å². The van der Waals surface area contributed by atoms with Crippen molar-refractivity contribution in [1.82, 2.24) is 9.80 Å². The molecule has 0 saturated heterocycles. The number of rotatable bonds is 6. The van der Waals surface area contributed by atoms with Crippen LogP contribution in [0.15, 0.2) is 24.3 Å². The molecule has 0 bridgehead atoms. The Kier molecular flexibility index (Phi) is 4.55. The number of nitrogens with zero attached hydrogens (tertiary/aromatic N) is 2. The zero-order valence-corrected chi connectivity index (χ0v) is 12.1. The molecule has 0 radical (unpaired) electrons. The number of hydrogen-bond donors (Lipinski definition) is 1. The van der Waals surface area contributed by atoms with Gasteiger partial charge >= 0.3 is 5.97 Å². The maximum Gasteiger partial charge on any atom is 0.303 e. The molecule has 0 aliphatic carbocycles. The first-order valence-corrected chi connectivity index (χ1v) is 6.83. The van der Waals surface area contributed by atoms with E-state index in [1.807, 2.05) is 0 Å². The van der Waals surface area contributed by atoms with Gasteiger partial charge < -0.3 is 10.0 Å². The number of imide groups is 1. The van der Waals surface area contributed by atoms with Gasteiger partial charge in [-0.15, -0.1) is 0 Å². The largest absolute Gasteiger partial charge is 0.481 e. The van der Waals surface area contributed by atoms with Crippen LogP contribution >= 0.6 is 0 Å². The molecule has 116 valence electrons. The first kappa shape index (κ1) is 15.7. The van der Waals surface area contributed by atoms with Gasteiger partial charge in [-0.1, -0.05) is 12.1 Å². The predicted octanol–water partition coefficient (Wildman–Crippen LogP) is 0.606. The summed E-state index contributed by atoms with van der Waals surface area (Å²) >= 11 is 0. The number of carboxylic acid groups (broad SMARTS) is 1. The molecule has 0 saturated carbocycles. The Bertz CT molecular complexity index is 606. The quantitative estimate of drug-likeness (QED) is 0.777. The van der Waals surface area contributed by atoms with Crippen molar-refractivity contribution in [2.24, 2.45) is 0 Å². The molecule has 1 aliphatic rings. The summed E-state index contributed by atoms with van der Waals surface area (Å²) in [7, 11) is 1.52. The Morgan fingerprint density at radius 1 is 1.09 bits per heavy atom. The maximum atomic E-state index is 12.1. The van der Waals surface area contributed by atoms with Gasteiger partial charge in [-0.05, 0) is 12.1 Å². The van der Waals surface area contributed by atoms with Crippen molar-refractivity contribution in [3.05, 3.63) is 35.4 Å². The van der Waals surface area contributed by atoms with Gasteiger partial charge in [0.2, 0.25) is 5.91 Å². The SMILES string of the molecule is CN(CCN1C(=O)c2ccccc2C1=O)C(=O)CCC(=O)O. The summed E-state index contributed by atoms with van der Waals surface area (Å²) < 4.78 is 0. The van der Waals surface area contributed by atoms with Gasteiger partial charge in [-0.2, -0.15) is 0 Å². The minimum absolute atomic E-state index is 0.0850.